The van der Waals surface area contributed by atoms with Crippen molar-refractivity contribution in [3.63, 3.8) is 0 Å². The maximum atomic E-state index is 4.12. The molecule has 0 aliphatic carbocycles. The Hall–Kier alpha value is -2.93. The van der Waals surface area contributed by atoms with Crippen LogP contribution in [0.25, 0.3) is 12.2 Å². The zero-order valence-corrected chi connectivity index (χ0v) is 12.4. The minimum atomic E-state index is 1.07. The molecule has 3 aromatic rings. The van der Waals surface area contributed by atoms with Crippen molar-refractivity contribution in [2.24, 2.45) is 0 Å². The Balaban J connectivity index is 1.76. The van der Waals surface area contributed by atoms with Crippen molar-refractivity contribution in [1.29, 1.82) is 0 Å². The molecule has 0 saturated heterocycles. The standard InChI is InChI=1S/C21H18N/c1-22(20-10-6-3-7-11-20)21-16-14-19(15-17-21)13-12-18-8-4-2-5-9-18/h2-17H,1H2/q+1/b13-12+. The van der Waals surface area contributed by atoms with Crippen LogP contribution in [-0.4, -0.2) is 6.72 Å². The van der Waals surface area contributed by atoms with Crippen LogP contribution in [0.2, 0.25) is 0 Å². The van der Waals surface area contributed by atoms with Crippen molar-refractivity contribution in [3.05, 3.63) is 96.1 Å². The molecule has 0 N–H and O–H groups in total. The first-order chi connectivity index (χ1) is 10.8. The van der Waals surface area contributed by atoms with E-state index in [1.165, 1.54) is 11.1 Å². The first-order valence-electron chi connectivity index (χ1n) is 7.32. The summed E-state index contributed by atoms with van der Waals surface area (Å²) in [4.78, 5) is 0. The van der Waals surface area contributed by atoms with Crippen LogP contribution in [-0.2, 0) is 0 Å². The van der Waals surface area contributed by atoms with E-state index in [-0.39, 0.29) is 0 Å². The van der Waals surface area contributed by atoms with Gasteiger partial charge in [0.25, 0.3) is 0 Å². The molecule has 0 aliphatic rings. The third-order valence-corrected chi connectivity index (χ3v) is 3.54. The second-order valence-electron chi connectivity index (χ2n) is 5.10. The summed E-state index contributed by atoms with van der Waals surface area (Å²) in [5, 5.41) is 0. The summed E-state index contributed by atoms with van der Waals surface area (Å²) in [5.41, 5.74) is 4.53. The molecule has 0 fully saturated rings. The minimum absolute atomic E-state index is 1.07. The Morgan fingerprint density at radius 3 is 1.59 bits per heavy atom. The average molecular weight is 284 g/mol. The van der Waals surface area contributed by atoms with E-state index in [1.54, 1.807) is 0 Å². The summed E-state index contributed by atoms with van der Waals surface area (Å²) in [6.07, 6.45) is 4.24. The van der Waals surface area contributed by atoms with Crippen LogP contribution in [0, 0.1) is 0 Å². The largest absolute Gasteiger partial charge is 0.210 e. The summed E-state index contributed by atoms with van der Waals surface area (Å²) in [6.45, 7) is 4.12. The number of para-hydroxylation sites is 1. The number of hydrogen-bond acceptors (Lipinski definition) is 0. The highest BCUT2D eigenvalue weighted by molar-refractivity contribution is 5.71. The quantitative estimate of drug-likeness (QED) is 0.343. The summed E-state index contributed by atoms with van der Waals surface area (Å²) in [7, 11) is 0. The van der Waals surface area contributed by atoms with Gasteiger partial charge in [-0.25, -0.2) is 0 Å². The molecule has 106 valence electrons. The lowest BCUT2D eigenvalue weighted by Gasteiger charge is -2.00. The van der Waals surface area contributed by atoms with Gasteiger partial charge in [0.2, 0.25) is 11.4 Å². The van der Waals surface area contributed by atoms with Crippen LogP contribution >= 0.6 is 0 Å². The molecule has 3 aromatic carbocycles. The van der Waals surface area contributed by atoms with E-state index in [1.807, 2.05) is 41.0 Å². The Morgan fingerprint density at radius 1 is 0.545 bits per heavy atom. The SMILES string of the molecule is C=[N+](c1ccccc1)c1ccc(/C=C/c2ccccc2)cc1. The van der Waals surface area contributed by atoms with Gasteiger partial charge >= 0.3 is 0 Å². The molecule has 0 aromatic heterocycles. The average Bonchev–Trinajstić information content (AvgIpc) is 2.61. The minimum Gasteiger partial charge on any atom is -0.168 e. The van der Waals surface area contributed by atoms with E-state index >= 15 is 0 Å². The number of hydrogen-bond donors (Lipinski definition) is 0. The van der Waals surface area contributed by atoms with Crippen LogP contribution in [0.15, 0.2) is 84.9 Å². The second-order valence-corrected chi connectivity index (χ2v) is 5.10. The van der Waals surface area contributed by atoms with Crippen molar-refractivity contribution in [1.82, 2.24) is 4.58 Å². The molecule has 1 heteroatoms. The summed E-state index contributed by atoms with van der Waals surface area (Å²) in [6, 6.07) is 28.8. The van der Waals surface area contributed by atoms with Crippen LogP contribution in [0.4, 0.5) is 11.4 Å². The van der Waals surface area contributed by atoms with Gasteiger partial charge in [-0.05, 0) is 23.3 Å². The van der Waals surface area contributed by atoms with Gasteiger partial charge in [0.1, 0.15) is 6.72 Å². The fourth-order valence-electron chi connectivity index (χ4n) is 2.28. The van der Waals surface area contributed by atoms with Gasteiger partial charge in [0.05, 0.1) is 0 Å². The molecule has 0 radical (unpaired) electrons. The van der Waals surface area contributed by atoms with Crippen molar-refractivity contribution in [2.45, 2.75) is 0 Å². The number of rotatable bonds is 4. The Bertz CT molecular complexity index is 769. The van der Waals surface area contributed by atoms with E-state index in [0.29, 0.717) is 0 Å². The van der Waals surface area contributed by atoms with E-state index in [9.17, 15) is 0 Å². The van der Waals surface area contributed by atoms with Gasteiger partial charge < -0.3 is 0 Å². The van der Waals surface area contributed by atoms with Crippen LogP contribution in [0.3, 0.4) is 0 Å². The highest BCUT2D eigenvalue weighted by Gasteiger charge is 2.08. The summed E-state index contributed by atoms with van der Waals surface area (Å²) in [5.74, 6) is 0. The van der Waals surface area contributed by atoms with Gasteiger partial charge in [-0.3, -0.25) is 0 Å². The van der Waals surface area contributed by atoms with Crippen molar-refractivity contribution in [3.8, 4) is 0 Å². The summed E-state index contributed by atoms with van der Waals surface area (Å²) < 4.78 is 1.94. The third-order valence-electron chi connectivity index (χ3n) is 3.54. The Labute approximate surface area is 131 Å². The van der Waals surface area contributed by atoms with Gasteiger partial charge in [0, 0.05) is 24.3 Å². The summed E-state index contributed by atoms with van der Waals surface area (Å²) >= 11 is 0. The molecule has 0 saturated carbocycles. The predicted octanol–water partition coefficient (Wildman–Crippen LogP) is 5.39. The maximum absolute atomic E-state index is 4.12. The third kappa shape index (κ3) is 3.39. The van der Waals surface area contributed by atoms with Gasteiger partial charge in [-0.2, -0.15) is 4.58 Å². The molecular weight excluding hydrogens is 266 g/mol. The molecule has 0 aliphatic heterocycles. The molecule has 22 heavy (non-hydrogen) atoms. The fraction of sp³-hybridized carbons (Fsp3) is 0. The number of benzene rings is 3. The smallest absolute Gasteiger partial charge is 0.168 e. The molecular formula is C21H18N+. The predicted molar refractivity (Wildman–Crippen MR) is 96.8 cm³/mol. The molecule has 3 rings (SSSR count). The van der Waals surface area contributed by atoms with Gasteiger partial charge in [-0.1, -0.05) is 60.7 Å². The molecule has 0 bridgehead atoms. The molecule has 0 spiro atoms. The molecule has 0 unspecified atom stereocenters. The fourth-order valence-corrected chi connectivity index (χ4v) is 2.28. The zero-order valence-electron chi connectivity index (χ0n) is 12.4. The maximum Gasteiger partial charge on any atom is 0.210 e. The van der Waals surface area contributed by atoms with Crippen LogP contribution in [0.5, 0.6) is 0 Å². The van der Waals surface area contributed by atoms with Crippen LogP contribution in [0.1, 0.15) is 11.1 Å². The van der Waals surface area contributed by atoms with E-state index in [0.717, 1.165) is 11.4 Å². The second kappa shape index (κ2) is 6.68. The van der Waals surface area contributed by atoms with E-state index in [4.69, 9.17) is 0 Å². The number of nitrogens with zero attached hydrogens (tertiary/aromatic N) is 1. The van der Waals surface area contributed by atoms with Gasteiger partial charge in [-0.15, -0.1) is 0 Å². The molecule has 1 nitrogen and oxygen atoms in total. The van der Waals surface area contributed by atoms with E-state index < -0.39 is 0 Å². The monoisotopic (exact) mass is 284 g/mol. The normalized spacial score (nSPS) is 10.7. The Morgan fingerprint density at radius 2 is 1.00 bits per heavy atom. The van der Waals surface area contributed by atoms with E-state index in [2.05, 4.69) is 67.4 Å². The molecule has 0 atom stereocenters. The van der Waals surface area contributed by atoms with Crippen molar-refractivity contribution in [2.75, 3.05) is 0 Å². The van der Waals surface area contributed by atoms with Crippen LogP contribution < -0.4 is 4.58 Å². The highest BCUT2D eigenvalue weighted by atomic mass is 15.0. The molecule has 0 heterocycles. The highest BCUT2D eigenvalue weighted by Crippen LogP contribution is 2.20. The lowest BCUT2D eigenvalue weighted by Crippen LogP contribution is -1.98. The van der Waals surface area contributed by atoms with Crippen molar-refractivity contribution >= 4 is 30.2 Å². The topological polar surface area (TPSA) is 3.01 Å². The zero-order chi connectivity index (χ0) is 15.2. The lowest BCUT2D eigenvalue weighted by molar-refractivity contribution is 1.11. The van der Waals surface area contributed by atoms with Crippen molar-refractivity contribution < 1.29 is 0 Å². The Kier molecular flexibility index (Phi) is 4.26. The first kappa shape index (κ1) is 14.0. The first-order valence-corrected chi connectivity index (χ1v) is 7.32. The lowest BCUT2D eigenvalue weighted by atomic mass is 10.1. The molecule has 0 amide bonds. The van der Waals surface area contributed by atoms with Gasteiger partial charge in [0.15, 0.2) is 0 Å².